The van der Waals surface area contributed by atoms with Crippen molar-refractivity contribution in [2.45, 2.75) is 73.2 Å². The molecule has 0 aliphatic carbocycles. The first-order chi connectivity index (χ1) is 27.9. The first-order valence-corrected chi connectivity index (χ1v) is 23.4. The number of aliphatic carboxylic acids is 3. The first-order valence-electron chi connectivity index (χ1n) is 14.4. The van der Waals surface area contributed by atoms with Gasteiger partial charge in [-0.05, 0) is 0 Å². The molecular formula is C18H33Na3O39P6. The van der Waals surface area contributed by atoms with Crippen LogP contribution in [-0.2, 0) is 82.7 Å². The van der Waals surface area contributed by atoms with Crippen molar-refractivity contribution in [2.75, 3.05) is 0 Å². The summed E-state index contributed by atoms with van der Waals surface area (Å²) in [7, 11) is -33.1. The summed E-state index contributed by atoms with van der Waals surface area (Å²) in [5, 5.41) is 113. The van der Waals surface area contributed by atoms with Crippen molar-refractivity contribution in [3.8, 4) is 0 Å². The summed E-state index contributed by atoms with van der Waals surface area (Å²) in [6, 6.07) is 0. The number of aliphatic hydroxyl groups excluding tert-OH is 9. The zero-order valence-electron chi connectivity index (χ0n) is 32.5. The Hall–Kier alpha value is 0.840. The molecule has 0 amide bonds. The van der Waals surface area contributed by atoms with E-state index in [1.807, 2.05) is 0 Å². The van der Waals surface area contributed by atoms with Crippen LogP contribution in [0.15, 0.2) is 0 Å². The third kappa shape index (κ3) is 34.2. The predicted octanol–water partition coefficient (Wildman–Crippen LogP) is -22.1. The minimum atomic E-state index is -5.54. The number of phosphoric acid groups is 6. The molecule has 0 rings (SSSR count). The number of hydrogen-bond acceptors (Lipinski definition) is 30. The summed E-state index contributed by atoms with van der Waals surface area (Å²) in [6.45, 7) is 0. The minimum Gasteiger partial charge on any atom is -0.547 e. The van der Waals surface area contributed by atoms with Crippen LogP contribution < -0.4 is 104 Å². The number of carboxylic acids is 3. The summed E-state index contributed by atoms with van der Waals surface area (Å²) in [5.74, 6) is -6.69. The van der Waals surface area contributed by atoms with Crippen LogP contribution in [0.5, 0.6) is 0 Å². The second-order valence-electron chi connectivity index (χ2n) is 10.5. The molecule has 48 heteroatoms. The van der Waals surface area contributed by atoms with Gasteiger partial charge >= 0.3 is 136 Å². The Labute approximate surface area is 430 Å². The van der Waals surface area contributed by atoms with Crippen molar-refractivity contribution in [3.63, 3.8) is 0 Å². The van der Waals surface area contributed by atoms with Gasteiger partial charge in [0.1, 0.15) is 54.9 Å². The van der Waals surface area contributed by atoms with Gasteiger partial charge in [0.15, 0.2) is 37.2 Å². The number of phosphoric ester groups is 3. The molecule has 18 N–H and O–H groups in total. The Morgan fingerprint density at radius 2 is 0.515 bits per heavy atom. The first kappa shape index (κ1) is 78.3. The second-order valence-corrected chi connectivity index (χ2v) is 18.8. The van der Waals surface area contributed by atoms with Gasteiger partial charge in [0, 0.05) is 0 Å². The van der Waals surface area contributed by atoms with Crippen molar-refractivity contribution in [2.24, 2.45) is 0 Å². The van der Waals surface area contributed by atoms with Crippen LogP contribution in [0.2, 0.25) is 0 Å². The Bertz CT molecular complexity index is 1630. The molecule has 0 radical (unpaired) electrons. The van der Waals surface area contributed by atoms with Gasteiger partial charge in [0.25, 0.3) is 0 Å². The van der Waals surface area contributed by atoms with Gasteiger partial charge in [0.2, 0.25) is 0 Å². The second kappa shape index (κ2) is 33.5. The van der Waals surface area contributed by atoms with E-state index in [9.17, 15) is 86.8 Å². The monoisotopic (exact) mass is 1130 g/mol. The quantitative estimate of drug-likeness (QED) is 0.0206. The van der Waals surface area contributed by atoms with Crippen molar-refractivity contribution >= 4 is 83.7 Å². The standard InChI is InChI=1S/3C6H12O13P2.3Na/c3*7-1-2(3(8)4(9)5(10)6(11)12)18-21(16,17)19-20(13,14)15;;;/h3*1-5,8-10H,(H,11,12)(H,16,17)(H2,13,14,15);;;/q;;;3*+1/p-3/t3*2-,3+,4-,5-;;;/m000.../s1. The molecule has 0 heterocycles. The van der Waals surface area contributed by atoms with Crippen LogP contribution in [0.3, 0.4) is 0 Å². The van der Waals surface area contributed by atoms with Crippen molar-refractivity contribution in [3.05, 3.63) is 0 Å². The molecule has 15 atom stereocenters. The van der Waals surface area contributed by atoms with Gasteiger partial charge in [-0.25, -0.2) is 27.4 Å². The molecule has 0 fully saturated rings. The molecule has 66 heavy (non-hydrogen) atoms. The summed E-state index contributed by atoms with van der Waals surface area (Å²) in [4.78, 5) is 139. The van der Waals surface area contributed by atoms with E-state index in [0.29, 0.717) is 0 Å². The average Bonchev–Trinajstić information content (AvgIpc) is 3.09. The maximum Gasteiger partial charge on any atom is 1.00 e. The number of carboxylic acid groups (broad SMARTS) is 3. The van der Waals surface area contributed by atoms with Crippen LogP contribution >= 0.6 is 46.9 Å². The number of carbonyl (C=O) groups is 6. The fourth-order valence-corrected chi connectivity index (χ4v) is 8.12. The van der Waals surface area contributed by atoms with Gasteiger partial charge < -0.3 is 134 Å². The Morgan fingerprint density at radius 3 is 0.621 bits per heavy atom. The summed E-state index contributed by atoms with van der Waals surface area (Å²) < 4.78 is 85.9. The number of aldehydes is 3. The van der Waals surface area contributed by atoms with Crippen LogP contribution in [-0.4, -0.2) is 200 Å². The Kier molecular flexibility index (Phi) is 39.8. The number of carbonyl (C=O) groups excluding carboxylic acids is 6. The van der Waals surface area contributed by atoms with Gasteiger partial charge in [0.05, 0.1) is 17.9 Å². The van der Waals surface area contributed by atoms with E-state index in [1.54, 1.807) is 0 Å². The third-order valence-corrected chi connectivity index (χ3v) is 12.1. The molecule has 372 valence electrons. The van der Waals surface area contributed by atoms with Crippen LogP contribution in [0, 0.1) is 0 Å². The summed E-state index contributed by atoms with van der Waals surface area (Å²) in [6.07, 6.45) is -31.9. The fourth-order valence-electron chi connectivity index (χ4n) is 2.99. The fraction of sp³-hybridized carbons (Fsp3) is 0.667. The molecule has 0 spiro atoms. The van der Waals surface area contributed by atoms with Gasteiger partial charge in [-0.2, -0.15) is 12.9 Å². The largest absolute Gasteiger partial charge is 1.00 e. The zero-order chi connectivity index (χ0) is 51.0. The van der Waals surface area contributed by atoms with Crippen molar-refractivity contribution < 1.29 is 277 Å². The number of hydrogen-bond donors (Lipinski definition) is 18. The van der Waals surface area contributed by atoms with Crippen molar-refractivity contribution in [1.82, 2.24) is 0 Å². The van der Waals surface area contributed by atoms with Crippen LogP contribution in [0.1, 0.15) is 0 Å². The van der Waals surface area contributed by atoms with Gasteiger partial charge in [-0.3, -0.25) is 13.6 Å². The van der Waals surface area contributed by atoms with E-state index in [1.165, 1.54) is 0 Å². The summed E-state index contributed by atoms with van der Waals surface area (Å²) in [5.41, 5.74) is 0. The predicted molar refractivity (Wildman–Crippen MR) is 171 cm³/mol. The molecule has 0 aromatic carbocycles. The van der Waals surface area contributed by atoms with Crippen LogP contribution in [0.25, 0.3) is 0 Å². The van der Waals surface area contributed by atoms with E-state index in [2.05, 4.69) is 26.5 Å². The minimum absolute atomic E-state index is 0. The smallest absolute Gasteiger partial charge is 0.547 e. The molecule has 0 aliphatic heterocycles. The van der Waals surface area contributed by atoms with Crippen molar-refractivity contribution in [1.29, 1.82) is 0 Å². The van der Waals surface area contributed by atoms with E-state index in [-0.39, 0.29) is 88.7 Å². The molecule has 0 aromatic rings. The van der Waals surface area contributed by atoms with Gasteiger partial charge in [-0.1, -0.05) is 0 Å². The van der Waals surface area contributed by atoms with E-state index < -0.39 is 157 Å². The molecule has 0 aromatic heterocycles. The molecule has 0 saturated heterocycles. The normalized spacial score (nSPS) is 19.9. The SMILES string of the molecule is O=C[C@H](OP(=O)(O)OP(=O)(O)O)[C@@H](O)[C@H](O)[C@H](O)C(=O)[O-].O=C[C@H](OP(=O)(O)OP(=O)(O)O)[C@@H](O)[C@H](O)[C@H](O)C(=O)[O-].O=C[C@H](OP(=O)(O)OP(=O)(O)O)[C@@H](O)[C@H](O)[C@H](O)C(=O)[O-].[Na+].[Na+].[Na+]. The summed E-state index contributed by atoms with van der Waals surface area (Å²) >= 11 is 0. The molecule has 3 unspecified atom stereocenters. The van der Waals surface area contributed by atoms with E-state index in [4.69, 9.17) is 74.7 Å². The third-order valence-electron chi connectivity index (χ3n) is 5.55. The molecule has 0 aliphatic rings. The maximum absolute atomic E-state index is 11.1. The van der Waals surface area contributed by atoms with Crippen LogP contribution in [0.4, 0.5) is 0 Å². The maximum atomic E-state index is 11.1. The average molecular weight is 1130 g/mol. The number of aliphatic hydroxyl groups is 9. The molecule has 0 bridgehead atoms. The number of rotatable bonds is 27. The van der Waals surface area contributed by atoms with E-state index >= 15 is 0 Å². The van der Waals surface area contributed by atoms with E-state index in [0.717, 1.165) is 0 Å². The molecule has 0 saturated carbocycles. The Balaban J connectivity index is -0.000000200. The Morgan fingerprint density at radius 1 is 0.364 bits per heavy atom. The van der Waals surface area contributed by atoms with Gasteiger partial charge in [-0.15, -0.1) is 0 Å². The topological polar surface area (TPSA) is 694 Å². The zero-order valence-corrected chi connectivity index (χ0v) is 43.8. The molecular weight excluding hydrogens is 1090 g/mol. The molecule has 39 nitrogen and oxygen atoms in total.